The Labute approximate surface area is 89.4 Å². The van der Waals surface area contributed by atoms with Crippen molar-refractivity contribution >= 4 is 5.97 Å². The lowest BCUT2D eigenvalue weighted by atomic mass is 10.2. The average Bonchev–Trinajstić information content (AvgIpc) is 2.57. The second-order valence-corrected chi connectivity index (χ2v) is 3.13. The van der Waals surface area contributed by atoms with Crippen LogP contribution in [0.4, 0.5) is 0 Å². The molecule has 0 aliphatic carbocycles. The highest BCUT2D eigenvalue weighted by atomic mass is 16.5. The van der Waals surface area contributed by atoms with Gasteiger partial charge >= 0.3 is 5.97 Å². The van der Waals surface area contributed by atoms with E-state index >= 15 is 0 Å². The molecule has 0 radical (unpaired) electrons. The fourth-order valence-electron chi connectivity index (χ4n) is 1.30. The molecule has 5 nitrogen and oxygen atoms in total. The Morgan fingerprint density at radius 1 is 1.60 bits per heavy atom. The maximum Gasteiger partial charge on any atom is 0.341 e. The summed E-state index contributed by atoms with van der Waals surface area (Å²) >= 11 is 0. The molecule has 1 aromatic rings. The zero-order valence-electron chi connectivity index (χ0n) is 9.41. The fraction of sp³-hybridized carbons (Fsp3) is 0.600. The average molecular weight is 211 g/mol. The Kier molecular flexibility index (Phi) is 4.30. The third kappa shape index (κ3) is 2.79. The van der Waals surface area contributed by atoms with Crippen LogP contribution in [-0.2, 0) is 18.3 Å². The van der Waals surface area contributed by atoms with Gasteiger partial charge in [0, 0.05) is 13.6 Å². The maximum atomic E-state index is 11.5. The van der Waals surface area contributed by atoms with Crippen molar-refractivity contribution in [3.63, 3.8) is 0 Å². The van der Waals surface area contributed by atoms with E-state index in [0.717, 1.165) is 12.2 Å². The molecule has 84 valence electrons. The number of ether oxygens (including phenoxy) is 1. The van der Waals surface area contributed by atoms with Gasteiger partial charge in [-0.3, -0.25) is 4.68 Å². The van der Waals surface area contributed by atoms with Crippen LogP contribution in [0, 0.1) is 0 Å². The summed E-state index contributed by atoms with van der Waals surface area (Å²) in [6, 6.07) is 0. The number of aryl methyl sites for hydroxylation is 1. The lowest BCUT2D eigenvalue weighted by Gasteiger charge is -2.05. The van der Waals surface area contributed by atoms with Crippen LogP contribution in [0.3, 0.4) is 0 Å². The van der Waals surface area contributed by atoms with Gasteiger partial charge < -0.3 is 10.1 Å². The summed E-state index contributed by atoms with van der Waals surface area (Å²) in [5, 5.41) is 7.21. The first-order valence-electron chi connectivity index (χ1n) is 5.09. The van der Waals surface area contributed by atoms with Crippen LogP contribution in [0.1, 0.15) is 29.9 Å². The van der Waals surface area contributed by atoms with Crippen LogP contribution in [0.5, 0.6) is 0 Å². The minimum atomic E-state index is -0.307. The zero-order chi connectivity index (χ0) is 11.3. The molecular formula is C10H17N3O2. The molecule has 1 aromatic heterocycles. The van der Waals surface area contributed by atoms with E-state index in [1.807, 2.05) is 14.0 Å². The molecule has 5 heteroatoms. The van der Waals surface area contributed by atoms with Crippen molar-refractivity contribution in [1.82, 2.24) is 15.1 Å². The molecule has 0 aromatic carbocycles. The van der Waals surface area contributed by atoms with E-state index in [1.165, 1.54) is 0 Å². The van der Waals surface area contributed by atoms with Crippen LogP contribution in [-0.4, -0.2) is 28.9 Å². The molecule has 0 aliphatic rings. The zero-order valence-corrected chi connectivity index (χ0v) is 9.41. The molecule has 0 bridgehead atoms. The van der Waals surface area contributed by atoms with E-state index in [0.29, 0.717) is 18.7 Å². The largest absolute Gasteiger partial charge is 0.462 e. The van der Waals surface area contributed by atoms with Gasteiger partial charge in [0.2, 0.25) is 0 Å². The summed E-state index contributed by atoms with van der Waals surface area (Å²) in [7, 11) is 1.81. The number of nitrogens with one attached hydrogen (secondary N) is 1. The van der Waals surface area contributed by atoms with Crippen LogP contribution < -0.4 is 5.32 Å². The van der Waals surface area contributed by atoms with E-state index in [-0.39, 0.29) is 5.97 Å². The van der Waals surface area contributed by atoms with E-state index < -0.39 is 0 Å². The molecule has 0 spiro atoms. The van der Waals surface area contributed by atoms with Gasteiger partial charge in [-0.2, -0.15) is 5.10 Å². The predicted molar refractivity (Wildman–Crippen MR) is 56.5 cm³/mol. The van der Waals surface area contributed by atoms with Crippen molar-refractivity contribution in [1.29, 1.82) is 0 Å². The minimum absolute atomic E-state index is 0.307. The topological polar surface area (TPSA) is 56.1 Å². The van der Waals surface area contributed by atoms with Gasteiger partial charge in [0.25, 0.3) is 0 Å². The van der Waals surface area contributed by atoms with Crippen molar-refractivity contribution < 1.29 is 9.53 Å². The molecule has 1 rings (SSSR count). The number of hydrogen-bond donors (Lipinski definition) is 1. The first-order valence-corrected chi connectivity index (χ1v) is 5.09. The summed E-state index contributed by atoms with van der Waals surface area (Å²) in [5.74, 6) is -0.307. The van der Waals surface area contributed by atoms with Crippen molar-refractivity contribution in [2.75, 3.05) is 13.2 Å². The van der Waals surface area contributed by atoms with Crippen molar-refractivity contribution in [3.8, 4) is 0 Å². The lowest BCUT2D eigenvalue weighted by molar-refractivity contribution is 0.0524. The van der Waals surface area contributed by atoms with Crippen LogP contribution in [0.15, 0.2) is 6.20 Å². The van der Waals surface area contributed by atoms with Crippen LogP contribution in [0.2, 0.25) is 0 Å². The number of carbonyl (C=O) groups is 1. The smallest absolute Gasteiger partial charge is 0.341 e. The Morgan fingerprint density at radius 2 is 2.33 bits per heavy atom. The second-order valence-electron chi connectivity index (χ2n) is 3.13. The summed E-state index contributed by atoms with van der Waals surface area (Å²) < 4.78 is 6.63. The standard InChI is InChI=1S/C10H17N3O2/c1-4-11-7-9-8(6-12-13(9)3)10(14)15-5-2/h6,11H,4-5,7H2,1-3H3. The first-order chi connectivity index (χ1) is 7.20. The molecular weight excluding hydrogens is 194 g/mol. The number of aromatic nitrogens is 2. The highest BCUT2D eigenvalue weighted by molar-refractivity contribution is 5.90. The second kappa shape index (κ2) is 5.50. The van der Waals surface area contributed by atoms with Crippen LogP contribution >= 0.6 is 0 Å². The number of carbonyl (C=O) groups excluding carboxylic acids is 1. The van der Waals surface area contributed by atoms with Crippen molar-refractivity contribution in [2.45, 2.75) is 20.4 Å². The first kappa shape index (κ1) is 11.7. The molecule has 1 N–H and O–H groups in total. The predicted octanol–water partition coefficient (Wildman–Crippen LogP) is 0.706. The SMILES string of the molecule is CCNCc1c(C(=O)OCC)cnn1C. The van der Waals surface area contributed by atoms with E-state index in [2.05, 4.69) is 10.4 Å². The highest BCUT2D eigenvalue weighted by Gasteiger charge is 2.16. The lowest BCUT2D eigenvalue weighted by Crippen LogP contribution is -2.18. The number of nitrogens with zero attached hydrogens (tertiary/aromatic N) is 2. The molecule has 0 saturated heterocycles. The highest BCUT2D eigenvalue weighted by Crippen LogP contribution is 2.08. The monoisotopic (exact) mass is 211 g/mol. The Balaban J connectivity index is 2.82. The number of esters is 1. The Morgan fingerprint density at radius 3 is 2.93 bits per heavy atom. The Bertz CT molecular complexity index is 333. The van der Waals surface area contributed by atoms with Crippen molar-refractivity contribution in [2.24, 2.45) is 7.05 Å². The van der Waals surface area contributed by atoms with Gasteiger partial charge in [0.1, 0.15) is 5.56 Å². The van der Waals surface area contributed by atoms with E-state index in [9.17, 15) is 4.79 Å². The van der Waals surface area contributed by atoms with E-state index in [1.54, 1.807) is 17.8 Å². The molecule has 15 heavy (non-hydrogen) atoms. The molecule has 0 atom stereocenters. The van der Waals surface area contributed by atoms with Crippen molar-refractivity contribution in [3.05, 3.63) is 17.5 Å². The summed E-state index contributed by atoms with van der Waals surface area (Å²) in [6.45, 7) is 5.67. The summed E-state index contributed by atoms with van der Waals surface area (Å²) in [4.78, 5) is 11.5. The molecule has 0 saturated carbocycles. The third-order valence-electron chi connectivity index (χ3n) is 2.10. The van der Waals surface area contributed by atoms with Crippen LogP contribution in [0.25, 0.3) is 0 Å². The van der Waals surface area contributed by atoms with Gasteiger partial charge in [-0.15, -0.1) is 0 Å². The quantitative estimate of drug-likeness (QED) is 0.729. The fourth-order valence-corrected chi connectivity index (χ4v) is 1.30. The maximum absolute atomic E-state index is 11.5. The molecule has 0 aliphatic heterocycles. The molecule has 1 heterocycles. The van der Waals surface area contributed by atoms with Gasteiger partial charge in [0.15, 0.2) is 0 Å². The Hall–Kier alpha value is -1.36. The van der Waals surface area contributed by atoms with Gasteiger partial charge in [-0.1, -0.05) is 6.92 Å². The molecule has 0 unspecified atom stereocenters. The molecule has 0 fully saturated rings. The van der Waals surface area contributed by atoms with Gasteiger partial charge in [-0.05, 0) is 13.5 Å². The minimum Gasteiger partial charge on any atom is -0.462 e. The van der Waals surface area contributed by atoms with E-state index in [4.69, 9.17) is 4.74 Å². The normalized spacial score (nSPS) is 10.3. The van der Waals surface area contributed by atoms with Gasteiger partial charge in [-0.25, -0.2) is 4.79 Å². The number of hydrogen-bond acceptors (Lipinski definition) is 4. The van der Waals surface area contributed by atoms with Gasteiger partial charge in [0.05, 0.1) is 18.5 Å². The third-order valence-corrected chi connectivity index (χ3v) is 2.10. The summed E-state index contributed by atoms with van der Waals surface area (Å²) in [6.07, 6.45) is 1.55. The molecule has 0 amide bonds. The number of rotatable bonds is 5. The summed E-state index contributed by atoms with van der Waals surface area (Å²) in [5.41, 5.74) is 1.40.